The lowest BCUT2D eigenvalue weighted by molar-refractivity contribution is -0.137. The first-order valence-electron chi connectivity index (χ1n) is 7.24. The maximum Gasteiger partial charge on any atom is 0.416 e. The van der Waals surface area contributed by atoms with Crippen LogP contribution in [0.15, 0.2) is 34.9 Å². The Bertz CT molecular complexity index is 724. The minimum absolute atomic E-state index is 0.106. The van der Waals surface area contributed by atoms with Gasteiger partial charge < -0.3 is 9.42 Å². The van der Waals surface area contributed by atoms with Gasteiger partial charge in [0.05, 0.1) is 11.3 Å². The summed E-state index contributed by atoms with van der Waals surface area (Å²) in [6, 6.07) is 6.85. The fourth-order valence-electron chi connectivity index (χ4n) is 2.81. The van der Waals surface area contributed by atoms with Crippen molar-refractivity contribution in [3.63, 3.8) is 0 Å². The van der Waals surface area contributed by atoms with E-state index in [9.17, 15) is 18.0 Å². The molecule has 1 atom stereocenters. The summed E-state index contributed by atoms with van der Waals surface area (Å²) in [7, 11) is 0. The highest BCUT2D eigenvalue weighted by atomic mass is 19.4. The van der Waals surface area contributed by atoms with Gasteiger partial charge in [-0.05, 0) is 25.0 Å². The third-order valence-electron chi connectivity index (χ3n) is 4.00. The minimum Gasteiger partial charge on any atom is -0.351 e. The van der Waals surface area contributed by atoms with Gasteiger partial charge >= 0.3 is 6.18 Å². The Morgan fingerprint density at radius 3 is 2.78 bits per heavy atom. The van der Waals surface area contributed by atoms with Gasteiger partial charge in [-0.25, -0.2) is 0 Å². The Labute approximate surface area is 130 Å². The Hall–Kier alpha value is -2.31. The van der Waals surface area contributed by atoms with E-state index in [0.29, 0.717) is 30.8 Å². The van der Waals surface area contributed by atoms with Gasteiger partial charge in [0.25, 0.3) is 5.91 Å². The smallest absolute Gasteiger partial charge is 0.351 e. The average molecular weight is 324 g/mol. The lowest BCUT2D eigenvalue weighted by Gasteiger charge is -2.16. The van der Waals surface area contributed by atoms with E-state index < -0.39 is 11.7 Å². The zero-order valence-corrected chi connectivity index (χ0v) is 12.4. The predicted octanol–water partition coefficient (Wildman–Crippen LogP) is 3.63. The quantitative estimate of drug-likeness (QED) is 0.847. The largest absolute Gasteiger partial charge is 0.416 e. The van der Waals surface area contributed by atoms with Crippen LogP contribution in [0.1, 0.15) is 39.7 Å². The summed E-state index contributed by atoms with van der Waals surface area (Å²) in [5.41, 5.74) is 0.552. The van der Waals surface area contributed by atoms with Gasteiger partial charge in [-0.2, -0.15) is 13.2 Å². The normalized spacial score (nSPS) is 18.4. The molecule has 0 N–H and O–H groups in total. The van der Waals surface area contributed by atoms with Gasteiger partial charge in [0.2, 0.25) is 5.76 Å². The molecule has 2 aromatic rings. The summed E-state index contributed by atoms with van der Waals surface area (Å²) in [4.78, 5) is 13.9. The second kappa shape index (κ2) is 5.72. The molecule has 2 heterocycles. The van der Waals surface area contributed by atoms with Crippen LogP contribution in [-0.2, 0) is 6.18 Å². The summed E-state index contributed by atoms with van der Waals surface area (Å²) >= 11 is 0. The predicted molar refractivity (Wildman–Crippen MR) is 75.9 cm³/mol. The number of alkyl halides is 3. The number of benzene rings is 1. The number of aromatic nitrogens is 1. The summed E-state index contributed by atoms with van der Waals surface area (Å²) in [5.74, 6) is -0.225. The van der Waals surface area contributed by atoms with E-state index >= 15 is 0 Å². The van der Waals surface area contributed by atoms with E-state index in [2.05, 4.69) is 5.16 Å². The van der Waals surface area contributed by atoms with Crippen LogP contribution in [-0.4, -0.2) is 29.1 Å². The number of carbonyl (C=O) groups excluding carboxylic acids is 1. The first-order chi connectivity index (χ1) is 10.8. The highest BCUT2D eigenvalue weighted by Crippen LogP contribution is 2.34. The summed E-state index contributed by atoms with van der Waals surface area (Å²) in [6.07, 6.45) is -3.73. The van der Waals surface area contributed by atoms with Crippen LogP contribution in [0.3, 0.4) is 0 Å². The topological polar surface area (TPSA) is 46.3 Å². The van der Waals surface area contributed by atoms with Crippen molar-refractivity contribution in [1.82, 2.24) is 10.1 Å². The molecule has 0 spiro atoms. The van der Waals surface area contributed by atoms with Crippen LogP contribution in [0.5, 0.6) is 0 Å². The first-order valence-corrected chi connectivity index (χ1v) is 7.24. The molecule has 1 aliphatic rings. The van der Waals surface area contributed by atoms with Crippen LogP contribution in [0.25, 0.3) is 0 Å². The molecule has 1 amide bonds. The first kappa shape index (κ1) is 15.6. The number of carbonyl (C=O) groups is 1. The zero-order valence-electron chi connectivity index (χ0n) is 12.4. The molecule has 0 saturated carbocycles. The van der Waals surface area contributed by atoms with Gasteiger partial charge in [-0.1, -0.05) is 23.4 Å². The van der Waals surface area contributed by atoms with E-state index in [-0.39, 0.29) is 17.6 Å². The molecule has 23 heavy (non-hydrogen) atoms. The van der Waals surface area contributed by atoms with Gasteiger partial charge in [0.15, 0.2) is 0 Å². The van der Waals surface area contributed by atoms with Crippen LogP contribution < -0.4 is 0 Å². The molecule has 0 bridgehead atoms. The third-order valence-corrected chi connectivity index (χ3v) is 4.00. The number of nitrogens with zero attached hydrogens (tertiary/aromatic N) is 2. The maximum atomic E-state index is 12.8. The molecule has 122 valence electrons. The summed E-state index contributed by atoms with van der Waals surface area (Å²) in [6.45, 7) is 2.58. The minimum atomic E-state index is -4.36. The number of aryl methyl sites for hydroxylation is 1. The highest BCUT2D eigenvalue weighted by Gasteiger charge is 2.33. The fourth-order valence-corrected chi connectivity index (χ4v) is 2.81. The molecular formula is C16H15F3N2O2. The Morgan fingerprint density at radius 1 is 1.35 bits per heavy atom. The number of halogens is 3. The molecular weight excluding hydrogens is 309 g/mol. The highest BCUT2D eigenvalue weighted by molar-refractivity contribution is 5.91. The van der Waals surface area contributed by atoms with Crippen molar-refractivity contribution in [1.29, 1.82) is 0 Å². The Morgan fingerprint density at radius 2 is 2.13 bits per heavy atom. The molecule has 0 radical (unpaired) electrons. The molecule has 1 unspecified atom stereocenters. The molecule has 3 rings (SSSR count). The Balaban J connectivity index is 1.74. The van der Waals surface area contributed by atoms with E-state index in [1.165, 1.54) is 6.07 Å². The fraction of sp³-hybridized carbons (Fsp3) is 0.375. The molecule has 1 saturated heterocycles. The van der Waals surface area contributed by atoms with Gasteiger partial charge in [-0.3, -0.25) is 4.79 Å². The molecule has 4 nitrogen and oxygen atoms in total. The SMILES string of the molecule is Cc1cc(C(=O)N2CCC(c3cccc(C(F)(F)F)c3)C2)on1. The summed E-state index contributed by atoms with van der Waals surface area (Å²) in [5, 5.41) is 3.68. The van der Waals surface area contributed by atoms with Crippen molar-refractivity contribution in [3.8, 4) is 0 Å². The number of amides is 1. The second-order valence-electron chi connectivity index (χ2n) is 5.69. The van der Waals surface area contributed by atoms with Crippen LogP contribution in [0.2, 0.25) is 0 Å². The zero-order chi connectivity index (χ0) is 16.6. The van der Waals surface area contributed by atoms with Gasteiger partial charge in [0.1, 0.15) is 0 Å². The summed E-state index contributed by atoms with van der Waals surface area (Å²) < 4.78 is 43.4. The van der Waals surface area contributed by atoms with Crippen molar-refractivity contribution in [2.45, 2.75) is 25.4 Å². The molecule has 1 fully saturated rings. The standard InChI is InChI=1S/C16H15F3N2O2/c1-10-7-14(23-20-10)15(22)21-6-5-12(9-21)11-3-2-4-13(8-11)16(17,18)19/h2-4,7-8,12H,5-6,9H2,1H3. The van der Waals surface area contributed by atoms with Crippen molar-refractivity contribution in [2.24, 2.45) is 0 Å². The van der Waals surface area contributed by atoms with Crippen molar-refractivity contribution >= 4 is 5.91 Å². The molecule has 0 aliphatic carbocycles. The van der Waals surface area contributed by atoms with E-state index in [0.717, 1.165) is 12.1 Å². The van der Waals surface area contributed by atoms with Crippen molar-refractivity contribution in [2.75, 3.05) is 13.1 Å². The lowest BCUT2D eigenvalue weighted by Crippen LogP contribution is -2.28. The van der Waals surface area contributed by atoms with E-state index in [4.69, 9.17) is 4.52 Å². The van der Waals surface area contributed by atoms with E-state index in [1.54, 1.807) is 24.0 Å². The number of likely N-dealkylation sites (tertiary alicyclic amines) is 1. The second-order valence-corrected chi connectivity index (χ2v) is 5.69. The van der Waals surface area contributed by atoms with Gasteiger partial charge in [0, 0.05) is 25.1 Å². The van der Waals surface area contributed by atoms with Crippen LogP contribution >= 0.6 is 0 Å². The maximum absolute atomic E-state index is 12.8. The molecule has 7 heteroatoms. The molecule has 1 aromatic carbocycles. The number of hydrogen-bond donors (Lipinski definition) is 0. The molecule has 1 aromatic heterocycles. The van der Waals surface area contributed by atoms with Crippen LogP contribution in [0.4, 0.5) is 13.2 Å². The number of rotatable bonds is 2. The van der Waals surface area contributed by atoms with Crippen LogP contribution in [0, 0.1) is 6.92 Å². The lowest BCUT2D eigenvalue weighted by atomic mass is 9.96. The number of hydrogen-bond acceptors (Lipinski definition) is 3. The van der Waals surface area contributed by atoms with Crippen molar-refractivity contribution in [3.05, 3.63) is 52.9 Å². The molecule has 1 aliphatic heterocycles. The third kappa shape index (κ3) is 3.23. The van der Waals surface area contributed by atoms with Gasteiger partial charge in [-0.15, -0.1) is 0 Å². The Kier molecular flexibility index (Phi) is 3.87. The average Bonchev–Trinajstić information content (AvgIpc) is 3.15. The van der Waals surface area contributed by atoms with E-state index in [1.807, 2.05) is 0 Å². The van der Waals surface area contributed by atoms with Crippen molar-refractivity contribution < 1.29 is 22.5 Å². The monoisotopic (exact) mass is 324 g/mol.